The summed E-state index contributed by atoms with van der Waals surface area (Å²) < 4.78 is 12.4. The van der Waals surface area contributed by atoms with Crippen LogP contribution in [0.4, 0.5) is 0 Å². The average molecular weight is 254 g/mol. The lowest BCUT2D eigenvalue weighted by Gasteiger charge is -2.44. The summed E-state index contributed by atoms with van der Waals surface area (Å²) in [6.45, 7) is 13.4. The molecule has 1 saturated heterocycles. The van der Waals surface area contributed by atoms with Crippen molar-refractivity contribution in [1.29, 1.82) is 0 Å². The number of hydrogen-bond donors (Lipinski definition) is 0. The van der Waals surface area contributed by atoms with Gasteiger partial charge in [0.2, 0.25) is 0 Å². The number of ether oxygens (including phenoxy) is 2. The molecule has 2 rings (SSSR count). The van der Waals surface area contributed by atoms with E-state index in [-0.39, 0.29) is 11.7 Å². The van der Waals surface area contributed by atoms with Crippen molar-refractivity contribution >= 4 is 0 Å². The van der Waals surface area contributed by atoms with Crippen molar-refractivity contribution in [2.24, 2.45) is 17.8 Å². The molecule has 2 heteroatoms. The molecule has 1 aliphatic carbocycles. The molecule has 0 bridgehead atoms. The number of hydrogen-bond acceptors (Lipinski definition) is 2. The molecule has 106 valence electrons. The topological polar surface area (TPSA) is 18.5 Å². The van der Waals surface area contributed by atoms with Gasteiger partial charge in [0.25, 0.3) is 0 Å². The molecule has 2 aliphatic rings. The second-order valence-electron chi connectivity index (χ2n) is 7.19. The van der Waals surface area contributed by atoms with Crippen molar-refractivity contribution in [1.82, 2.24) is 0 Å². The van der Waals surface area contributed by atoms with Crippen LogP contribution in [0.1, 0.15) is 67.2 Å². The van der Waals surface area contributed by atoms with Crippen molar-refractivity contribution in [2.45, 2.75) is 84.7 Å². The first-order chi connectivity index (χ1) is 8.28. The molecule has 0 unspecified atom stereocenters. The molecule has 2 fully saturated rings. The van der Waals surface area contributed by atoms with Crippen LogP contribution in [-0.2, 0) is 9.47 Å². The van der Waals surface area contributed by atoms with Crippen LogP contribution in [0.5, 0.6) is 0 Å². The van der Waals surface area contributed by atoms with E-state index >= 15 is 0 Å². The Balaban J connectivity index is 2.10. The zero-order valence-electron chi connectivity index (χ0n) is 13.0. The van der Waals surface area contributed by atoms with E-state index in [1.54, 1.807) is 0 Å². The molecule has 1 saturated carbocycles. The molecule has 0 N–H and O–H groups in total. The highest BCUT2D eigenvalue weighted by Gasteiger charge is 2.56. The van der Waals surface area contributed by atoms with Crippen molar-refractivity contribution in [2.75, 3.05) is 0 Å². The highest BCUT2D eigenvalue weighted by Crippen LogP contribution is 2.50. The van der Waals surface area contributed by atoms with Crippen LogP contribution >= 0.6 is 0 Å². The van der Waals surface area contributed by atoms with Crippen molar-refractivity contribution in [3.05, 3.63) is 0 Å². The Morgan fingerprint density at radius 2 is 1.89 bits per heavy atom. The molecule has 1 aliphatic heterocycles. The van der Waals surface area contributed by atoms with Crippen molar-refractivity contribution < 1.29 is 9.47 Å². The molecule has 0 radical (unpaired) electrons. The summed E-state index contributed by atoms with van der Waals surface area (Å²) in [4.78, 5) is 0. The van der Waals surface area contributed by atoms with Gasteiger partial charge in [-0.05, 0) is 51.4 Å². The Bertz CT molecular complexity index is 299. The van der Waals surface area contributed by atoms with Crippen LogP contribution in [0, 0.1) is 17.8 Å². The summed E-state index contributed by atoms with van der Waals surface area (Å²) in [7, 11) is 0. The van der Waals surface area contributed by atoms with Gasteiger partial charge >= 0.3 is 0 Å². The van der Waals surface area contributed by atoms with E-state index in [1.807, 2.05) is 13.8 Å². The van der Waals surface area contributed by atoms with E-state index in [1.165, 1.54) is 25.7 Å². The first-order valence-electron chi connectivity index (χ1n) is 7.66. The van der Waals surface area contributed by atoms with Crippen LogP contribution in [0.2, 0.25) is 0 Å². The highest BCUT2D eigenvalue weighted by molar-refractivity contribution is 5.01. The van der Waals surface area contributed by atoms with Gasteiger partial charge in [-0.2, -0.15) is 0 Å². The maximum Gasteiger partial charge on any atom is 0.164 e. The summed E-state index contributed by atoms with van der Waals surface area (Å²) >= 11 is 0. The Kier molecular flexibility index (Phi) is 3.81. The third kappa shape index (κ3) is 2.46. The number of fused-ring (bicyclic) bond motifs is 1. The minimum absolute atomic E-state index is 0.0774. The summed E-state index contributed by atoms with van der Waals surface area (Å²) in [5, 5.41) is 0. The second kappa shape index (κ2) is 4.79. The Morgan fingerprint density at radius 3 is 2.50 bits per heavy atom. The lowest BCUT2D eigenvalue weighted by molar-refractivity contribution is -0.168. The van der Waals surface area contributed by atoms with Crippen LogP contribution in [0.3, 0.4) is 0 Å². The molecule has 0 aromatic carbocycles. The summed E-state index contributed by atoms with van der Waals surface area (Å²) in [6.07, 6.45) is 5.36. The standard InChI is InChI=1S/C16H30O2/c1-7-8-11(2)13-9-12(3)16(6)14(10-13)17-15(4,5)18-16/h11-14H,7-10H2,1-6H3/t11-,12-,13+,14+,16+/m1/s1. The van der Waals surface area contributed by atoms with Gasteiger partial charge < -0.3 is 9.47 Å². The fourth-order valence-corrected chi connectivity index (χ4v) is 3.99. The Hall–Kier alpha value is -0.0800. The molecule has 5 atom stereocenters. The lowest BCUT2D eigenvalue weighted by atomic mass is 9.67. The van der Waals surface area contributed by atoms with E-state index in [0.29, 0.717) is 5.92 Å². The van der Waals surface area contributed by atoms with Gasteiger partial charge in [0.1, 0.15) is 0 Å². The third-order valence-corrected chi connectivity index (χ3v) is 5.23. The van der Waals surface area contributed by atoms with E-state index in [9.17, 15) is 0 Å². The zero-order valence-corrected chi connectivity index (χ0v) is 13.0. The lowest BCUT2D eigenvalue weighted by Crippen LogP contribution is -2.49. The monoisotopic (exact) mass is 254 g/mol. The quantitative estimate of drug-likeness (QED) is 0.744. The summed E-state index contributed by atoms with van der Waals surface area (Å²) in [5.74, 6) is 1.79. The van der Waals surface area contributed by atoms with E-state index in [4.69, 9.17) is 9.47 Å². The molecular weight excluding hydrogens is 224 g/mol. The van der Waals surface area contributed by atoms with Gasteiger partial charge in [-0.25, -0.2) is 0 Å². The van der Waals surface area contributed by atoms with Gasteiger partial charge in [0, 0.05) is 0 Å². The average Bonchev–Trinajstić information content (AvgIpc) is 2.49. The van der Waals surface area contributed by atoms with Crippen LogP contribution in [0.15, 0.2) is 0 Å². The van der Waals surface area contributed by atoms with Gasteiger partial charge in [0.05, 0.1) is 11.7 Å². The first-order valence-corrected chi connectivity index (χ1v) is 7.66. The van der Waals surface area contributed by atoms with Gasteiger partial charge in [0.15, 0.2) is 5.79 Å². The Labute approximate surface area is 112 Å². The second-order valence-corrected chi connectivity index (χ2v) is 7.19. The van der Waals surface area contributed by atoms with E-state index in [2.05, 4.69) is 27.7 Å². The minimum Gasteiger partial charge on any atom is -0.344 e. The maximum absolute atomic E-state index is 6.22. The molecule has 2 nitrogen and oxygen atoms in total. The molecule has 0 aromatic heterocycles. The van der Waals surface area contributed by atoms with Crippen LogP contribution in [0.25, 0.3) is 0 Å². The molecule has 18 heavy (non-hydrogen) atoms. The van der Waals surface area contributed by atoms with Crippen LogP contribution in [-0.4, -0.2) is 17.5 Å². The zero-order chi connectivity index (χ0) is 13.6. The summed E-state index contributed by atoms with van der Waals surface area (Å²) in [5.41, 5.74) is -0.0774. The third-order valence-electron chi connectivity index (χ3n) is 5.23. The molecule has 1 heterocycles. The highest BCUT2D eigenvalue weighted by atomic mass is 16.8. The summed E-state index contributed by atoms with van der Waals surface area (Å²) in [6, 6.07) is 0. The fraction of sp³-hybridized carbons (Fsp3) is 1.00. The minimum atomic E-state index is -0.406. The van der Waals surface area contributed by atoms with Gasteiger partial charge in [-0.15, -0.1) is 0 Å². The molecule has 0 aromatic rings. The molecular formula is C16H30O2. The SMILES string of the molecule is CCC[C@@H](C)[C@H]1C[C@@H](C)[C@]2(C)OC(C)(C)O[C@H]2C1. The number of rotatable bonds is 3. The van der Waals surface area contributed by atoms with Crippen molar-refractivity contribution in [3.63, 3.8) is 0 Å². The predicted octanol–water partition coefficient (Wildman–Crippen LogP) is 4.38. The molecule has 0 amide bonds. The van der Waals surface area contributed by atoms with Crippen LogP contribution < -0.4 is 0 Å². The first kappa shape index (κ1) is 14.3. The molecule has 0 spiro atoms. The van der Waals surface area contributed by atoms with Gasteiger partial charge in [-0.1, -0.05) is 33.6 Å². The fourth-order valence-electron chi connectivity index (χ4n) is 3.99. The smallest absolute Gasteiger partial charge is 0.164 e. The van der Waals surface area contributed by atoms with Gasteiger partial charge in [-0.3, -0.25) is 0 Å². The Morgan fingerprint density at radius 1 is 1.22 bits per heavy atom. The van der Waals surface area contributed by atoms with E-state index in [0.717, 1.165) is 11.8 Å². The van der Waals surface area contributed by atoms with E-state index < -0.39 is 5.79 Å². The largest absolute Gasteiger partial charge is 0.344 e. The normalized spacial score (nSPS) is 44.7. The van der Waals surface area contributed by atoms with Crippen molar-refractivity contribution in [3.8, 4) is 0 Å². The predicted molar refractivity (Wildman–Crippen MR) is 74.4 cm³/mol. The maximum atomic E-state index is 6.22.